The molecule has 0 radical (unpaired) electrons. The van der Waals surface area contributed by atoms with E-state index in [4.69, 9.17) is 19.8 Å². The van der Waals surface area contributed by atoms with E-state index in [-0.39, 0.29) is 6.61 Å². The van der Waals surface area contributed by atoms with E-state index in [0.29, 0.717) is 11.1 Å². The van der Waals surface area contributed by atoms with Gasteiger partial charge in [0.25, 0.3) is 0 Å². The zero-order valence-corrected chi connectivity index (χ0v) is 28.2. The summed E-state index contributed by atoms with van der Waals surface area (Å²) in [6, 6.07) is 45.2. The third-order valence-electron chi connectivity index (χ3n) is 8.86. The number of esters is 1. The molecule has 3 heterocycles. The number of imidazole rings is 1. The Bertz CT molecular complexity index is 2340. The first-order valence-corrected chi connectivity index (χ1v) is 16.8. The number of hydrogen-bond donors (Lipinski definition) is 0. The summed E-state index contributed by atoms with van der Waals surface area (Å²) in [6.07, 6.45) is 5.71. The quantitative estimate of drug-likeness (QED) is 0.117. The van der Waals surface area contributed by atoms with Crippen LogP contribution >= 0.6 is 15.9 Å². The number of carbonyl (C=O) groups excluding carboxylic acids is 1. The maximum absolute atomic E-state index is 12.9. The maximum atomic E-state index is 12.9. The van der Waals surface area contributed by atoms with Gasteiger partial charge in [0.15, 0.2) is 0 Å². The molecule has 0 N–H and O–H groups in total. The molecule has 0 bridgehead atoms. The lowest BCUT2D eigenvalue weighted by Gasteiger charge is -2.36. The highest BCUT2D eigenvalue weighted by atomic mass is 79.9. The first-order chi connectivity index (χ1) is 24.1. The van der Waals surface area contributed by atoms with Gasteiger partial charge < -0.3 is 4.74 Å². The Labute approximate surface area is 291 Å². The van der Waals surface area contributed by atoms with Crippen LogP contribution in [0.15, 0.2) is 157 Å². The number of benzene rings is 5. The largest absolute Gasteiger partial charge is 0.462 e. The third kappa shape index (κ3) is 5.21. The molecule has 0 amide bonds. The van der Waals surface area contributed by atoms with Gasteiger partial charge in [-0.05, 0) is 47.9 Å². The number of para-hydroxylation sites is 1. The van der Waals surface area contributed by atoms with Crippen LogP contribution in [0.4, 0.5) is 0 Å². The Morgan fingerprint density at radius 1 is 0.796 bits per heavy atom. The van der Waals surface area contributed by atoms with Crippen molar-refractivity contribution in [2.24, 2.45) is 0 Å². The first kappa shape index (κ1) is 30.5. The molecule has 0 atom stereocenters. The lowest BCUT2D eigenvalue weighted by Crippen LogP contribution is -2.38. The number of fused-ring (bicyclic) bond motifs is 2. The lowest BCUT2D eigenvalue weighted by atomic mass is 9.77. The van der Waals surface area contributed by atoms with Crippen molar-refractivity contribution in [2.75, 3.05) is 6.61 Å². The minimum Gasteiger partial charge on any atom is -0.462 e. The van der Waals surface area contributed by atoms with Crippen molar-refractivity contribution in [3.05, 3.63) is 179 Å². The zero-order valence-electron chi connectivity index (χ0n) is 26.6. The van der Waals surface area contributed by atoms with Gasteiger partial charge in [-0.15, -0.1) is 0 Å². The van der Waals surface area contributed by atoms with E-state index < -0.39 is 11.5 Å². The molecule has 0 saturated carbocycles. The van der Waals surface area contributed by atoms with Crippen LogP contribution in [0, 0.1) is 0 Å². The van der Waals surface area contributed by atoms with E-state index in [9.17, 15) is 4.79 Å². The second-order valence-electron chi connectivity index (χ2n) is 11.7. The Hall–Kier alpha value is -5.86. The summed E-state index contributed by atoms with van der Waals surface area (Å²) in [4.78, 5) is 22.7. The molecule has 0 fully saturated rings. The number of aromatic nitrogens is 5. The second kappa shape index (κ2) is 12.6. The zero-order chi connectivity index (χ0) is 33.4. The number of rotatable bonds is 8. The third-order valence-corrected chi connectivity index (χ3v) is 9.32. The van der Waals surface area contributed by atoms with Gasteiger partial charge in [0.2, 0.25) is 0 Å². The molecule has 7 nitrogen and oxygen atoms in total. The van der Waals surface area contributed by atoms with Gasteiger partial charge in [0.05, 0.1) is 40.8 Å². The molecule has 8 aromatic rings. The van der Waals surface area contributed by atoms with Crippen LogP contribution in [-0.2, 0) is 10.3 Å². The van der Waals surface area contributed by atoms with Gasteiger partial charge >= 0.3 is 5.97 Å². The molecule has 0 aliphatic heterocycles. The first-order valence-electron chi connectivity index (χ1n) is 16.0. The SMILES string of the molecule is CCOC(=O)c1cc(Br)cc2c1ncn2-c1cc(-c2cnn(C(c3ccccc3)(c3ccccc3)c3ccccc3)c2)nc2ccccc12. The highest BCUT2D eigenvalue weighted by Crippen LogP contribution is 2.41. The van der Waals surface area contributed by atoms with Crippen LogP contribution in [0.5, 0.6) is 0 Å². The van der Waals surface area contributed by atoms with Gasteiger partial charge in [-0.2, -0.15) is 5.10 Å². The smallest absolute Gasteiger partial charge is 0.340 e. The van der Waals surface area contributed by atoms with Crippen molar-refractivity contribution in [3.8, 4) is 16.9 Å². The summed E-state index contributed by atoms with van der Waals surface area (Å²) in [5.74, 6) is -0.412. The molecule has 3 aromatic heterocycles. The topological polar surface area (TPSA) is 74.8 Å². The Kier molecular flexibility index (Phi) is 7.86. The molecule has 238 valence electrons. The van der Waals surface area contributed by atoms with E-state index >= 15 is 0 Å². The fraction of sp³-hybridized carbons (Fsp3) is 0.0732. The van der Waals surface area contributed by atoms with E-state index in [1.54, 1.807) is 19.3 Å². The molecular formula is C41H30BrN5O2. The van der Waals surface area contributed by atoms with E-state index in [2.05, 4.69) is 101 Å². The maximum Gasteiger partial charge on any atom is 0.340 e. The predicted octanol–water partition coefficient (Wildman–Crippen LogP) is 9.22. The summed E-state index contributed by atoms with van der Waals surface area (Å²) in [6.45, 7) is 2.07. The van der Waals surface area contributed by atoms with Crippen molar-refractivity contribution >= 4 is 43.8 Å². The lowest BCUT2D eigenvalue weighted by molar-refractivity contribution is 0.0528. The van der Waals surface area contributed by atoms with E-state index in [1.165, 1.54) is 0 Å². The van der Waals surface area contributed by atoms with Crippen molar-refractivity contribution in [1.29, 1.82) is 0 Å². The van der Waals surface area contributed by atoms with Gasteiger partial charge in [0.1, 0.15) is 17.4 Å². The number of pyridine rings is 1. The molecule has 8 rings (SSSR count). The number of nitrogens with zero attached hydrogens (tertiary/aromatic N) is 5. The highest BCUT2D eigenvalue weighted by Gasteiger charge is 2.39. The summed E-state index contributed by atoms with van der Waals surface area (Å²) in [5, 5.41) is 6.02. The number of halogens is 1. The van der Waals surface area contributed by atoms with E-state index in [0.717, 1.165) is 54.5 Å². The van der Waals surface area contributed by atoms with Crippen LogP contribution in [-0.4, -0.2) is 36.9 Å². The summed E-state index contributed by atoms with van der Waals surface area (Å²) in [5.41, 5.74) is 7.56. The van der Waals surface area contributed by atoms with Crippen molar-refractivity contribution in [3.63, 3.8) is 0 Å². The van der Waals surface area contributed by atoms with Gasteiger partial charge in [-0.1, -0.05) is 125 Å². The van der Waals surface area contributed by atoms with Crippen LogP contribution in [0.1, 0.15) is 34.0 Å². The Morgan fingerprint density at radius 2 is 1.41 bits per heavy atom. The molecular weight excluding hydrogens is 674 g/mol. The Morgan fingerprint density at radius 3 is 2.04 bits per heavy atom. The van der Waals surface area contributed by atoms with Crippen LogP contribution in [0.3, 0.4) is 0 Å². The summed E-state index contributed by atoms with van der Waals surface area (Å²) in [7, 11) is 0. The van der Waals surface area contributed by atoms with Crippen molar-refractivity contribution in [1.82, 2.24) is 24.3 Å². The average molecular weight is 705 g/mol. The summed E-state index contributed by atoms with van der Waals surface area (Å²) < 4.78 is 10.2. The second-order valence-corrected chi connectivity index (χ2v) is 12.6. The van der Waals surface area contributed by atoms with Crippen molar-refractivity contribution in [2.45, 2.75) is 12.5 Å². The fourth-order valence-electron chi connectivity index (χ4n) is 6.72. The van der Waals surface area contributed by atoms with Crippen LogP contribution in [0.25, 0.3) is 38.9 Å². The Balaban J connectivity index is 1.34. The normalized spacial score (nSPS) is 11.6. The molecule has 0 aliphatic carbocycles. The number of ether oxygens (including phenoxy) is 1. The monoisotopic (exact) mass is 703 g/mol. The molecule has 0 aliphatic rings. The standard InChI is InChI=1S/C41H30BrN5O2/c1-2-49-40(48)34-22-32(42)23-38-39(34)43-27-46(38)37-24-36(45-35-21-13-12-20-33(35)37)28-25-44-47(26-28)41(29-14-6-3-7-15-29,30-16-8-4-9-17-30)31-18-10-5-11-19-31/h3-27H,2H2,1H3. The molecule has 0 unspecified atom stereocenters. The molecule has 8 heteroatoms. The van der Waals surface area contributed by atoms with E-state index in [1.807, 2.05) is 64.0 Å². The van der Waals surface area contributed by atoms with Crippen molar-refractivity contribution < 1.29 is 9.53 Å². The molecule has 0 saturated heterocycles. The van der Waals surface area contributed by atoms with Gasteiger partial charge in [0, 0.05) is 21.6 Å². The minimum atomic E-state index is -0.752. The molecule has 49 heavy (non-hydrogen) atoms. The fourth-order valence-corrected chi connectivity index (χ4v) is 7.16. The van der Waals surface area contributed by atoms with Crippen LogP contribution in [0.2, 0.25) is 0 Å². The molecule has 5 aromatic carbocycles. The number of hydrogen-bond acceptors (Lipinski definition) is 5. The number of carbonyl (C=O) groups is 1. The minimum absolute atomic E-state index is 0.277. The van der Waals surface area contributed by atoms with Gasteiger partial charge in [-0.25, -0.2) is 14.8 Å². The van der Waals surface area contributed by atoms with Gasteiger partial charge in [-0.3, -0.25) is 9.25 Å². The highest BCUT2D eigenvalue weighted by molar-refractivity contribution is 9.10. The van der Waals surface area contributed by atoms with Crippen LogP contribution < -0.4 is 0 Å². The predicted molar refractivity (Wildman–Crippen MR) is 196 cm³/mol. The average Bonchev–Trinajstić information content (AvgIpc) is 3.81. The molecule has 0 spiro atoms. The summed E-state index contributed by atoms with van der Waals surface area (Å²) >= 11 is 3.60.